The van der Waals surface area contributed by atoms with Crippen LogP contribution in [0.5, 0.6) is 0 Å². The van der Waals surface area contributed by atoms with Crippen LogP contribution in [0.1, 0.15) is 26.7 Å². The molecule has 15 heavy (non-hydrogen) atoms. The lowest BCUT2D eigenvalue weighted by Crippen LogP contribution is -2.41. The van der Waals surface area contributed by atoms with E-state index in [0.717, 1.165) is 12.8 Å². The second-order valence-electron chi connectivity index (χ2n) is 3.60. The number of aliphatic hydroxyl groups is 1. The smallest absolute Gasteiger partial charge is 0.145 e. The molecule has 0 aliphatic heterocycles. The number of nitrogens with one attached hydrogen (secondary N) is 1. The number of nitrogens with two attached hydrogens (primary N) is 1. The Hall–Kier alpha value is -1.36. The zero-order valence-corrected chi connectivity index (χ0v) is 9.20. The van der Waals surface area contributed by atoms with Crippen molar-refractivity contribution in [2.75, 3.05) is 17.7 Å². The van der Waals surface area contributed by atoms with E-state index in [1.165, 1.54) is 6.20 Å². The molecule has 0 radical (unpaired) electrons. The molecule has 0 amide bonds. The molecule has 84 valence electrons. The van der Waals surface area contributed by atoms with E-state index in [4.69, 9.17) is 5.73 Å². The Morgan fingerprint density at radius 1 is 1.33 bits per heavy atom. The first-order valence-corrected chi connectivity index (χ1v) is 5.12. The van der Waals surface area contributed by atoms with Crippen LogP contribution in [-0.2, 0) is 0 Å². The van der Waals surface area contributed by atoms with E-state index in [9.17, 15) is 5.11 Å². The molecule has 0 fully saturated rings. The third-order valence-corrected chi connectivity index (χ3v) is 2.72. The molecule has 1 aromatic rings. The quantitative estimate of drug-likeness (QED) is 0.675. The summed E-state index contributed by atoms with van der Waals surface area (Å²) < 4.78 is 0. The van der Waals surface area contributed by atoms with Crippen molar-refractivity contribution >= 4 is 11.6 Å². The lowest BCUT2D eigenvalue weighted by molar-refractivity contribution is 0.202. The Kier molecular flexibility index (Phi) is 3.85. The minimum Gasteiger partial charge on any atom is -0.394 e. The van der Waals surface area contributed by atoms with Crippen molar-refractivity contribution in [3.63, 3.8) is 0 Å². The van der Waals surface area contributed by atoms with Crippen LogP contribution in [0.3, 0.4) is 0 Å². The van der Waals surface area contributed by atoms with Gasteiger partial charge in [-0.25, -0.2) is 9.97 Å². The van der Waals surface area contributed by atoms with Crippen molar-refractivity contribution in [2.24, 2.45) is 0 Å². The Morgan fingerprint density at radius 2 is 2.00 bits per heavy atom. The van der Waals surface area contributed by atoms with Crippen LogP contribution in [0.4, 0.5) is 11.6 Å². The number of nitrogens with zero attached hydrogens (tertiary/aromatic N) is 2. The third kappa shape index (κ3) is 2.79. The fraction of sp³-hybridized carbons (Fsp3) is 0.600. The third-order valence-electron chi connectivity index (χ3n) is 2.72. The fourth-order valence-electron chi connectivity index (χ4n) is 1.36. The van der Waals surface area contributed by atoms with Gasteiger partial charge in [0.25, 0.3) is 0 Å². The molecule has 0 saturated heterocycles. The normalized spacial score (nSPS) is 11.4. The standard InChI is InChI=1S/C10H18N4O/c1-3-10(4-2,7-15)14-9-6-12-8(11)5-13-9/h5-6,15H,3-4,7H2,1-2H3,(H2,11,12)(H,13,14). The van der Waals surface area contributed by atoms with Gasteiger partial charge in [-0.15, -0.1) is 0 Å². The number of hydrogen-bond donors (Lipinski definition) is 3. The van der Waals surface area contributed by atoms with Crippen molar-refractivity contribution in [1.29, 1.82) is 0 Å². The van der Waals surface area contributed by atoms with E-state index in [2.05, 4.69) is 15.3 Å². The first-order valence-electron chi connectivity index (χ1n) is 5.12. The average molecular weight is 210 g/mol. The molecule has 0 spiro atoms. The zero-order valence-electron chi connectivity index (χ0n) is 9.20. The number of aliphatic hydroxyl groups excluding tert-OH is 1. The van der Waals surface area contributed by atoms with Gasteiger partial charge in [-0.2, -0.15) is 0 Å². The van der Waals surface area contributed by atoms with Crippen LogP contribution in [0, 0.1) is 0 Å². The van der Waals surface area contributed by atoms with E-state index in [0.29, 0.717) is 11.6 Å². The number of anilines is 2. The summed E-state index contributed by atoms with van der Waals surface area (Å²) in [6.07, 6.45) is 4.72. The molecule has 1 aromatic heterocycles. The van der Waals surface area contributed by atoms with Gasteiger partial charge in [0.05, 0.1) is 24.5 Å². The van der Waals surface area contributed by atoms with E-state index in [1.807, 2.05) is 13.8 Å². The Bertz CT molecular complexity index is 287. The molecule has 5 heteroatoms. The first kappa shape index (κ1) is 11.7. The highest BCUT2D eigenvalue weighted by Gasteiger charge is 2.25. The molecule has 0 aromatic carbocycles. The molecule has 0 bridgehead atoms. The summed E-state index contributed by atoms with van der Waals surface area (Å²) >= 11 is 0. The predicted molar refractivity (Wildman–Crippen MR) is 60.5 cm³/mol. The minimum atomic E-state index is -0.315. The van der Waals surface area contributed by atoms with Crippen molar-refractivity contribution < 1.29 is 5.11 Å². The van der Waals surface area contributed by atoms with Gasteiger partial charge >= 0.3 is 0 Å². The molecule has 1 heterocycles. The topological polar surface area (TPSA) is 84.1 Å². The summed E-state index contributed by atoms with van der Waals surface area (Å²) in [5.41, 5.74) is 5.12. The maximum Gasteiger partial charge on any atom is 0.145 e. The summed E-state index contributed by atoms with van der Waals surface area (Å²) in [5, 5.41) is 12.5. The maximum absolute atomic E-state index is 9.36. The predicted octanol–water partition coefficient (Wildman–Crippen LogP) is 1.02. The highest BCUT2D eigenvalue weighted by atomic mass is 16.3. The van der Waals surface area contributed by atoms with Crippen LogP contribution in [0.2, 0.25) is 0 Å². The summed E-state index contributed by atoms with van der Waals surface area (Å²) in [6.45, 7) is 4.13. The summed E-state index contributed by atoms with van der Waals surface area (Å²) in [6, 6.07) is 0. The molecule has 0 aliphatic carbocycles. The second kappa shape index (κ2) is 4.93. The van der Waals surface area contributed by atoms with Gasteiger partial charge in [-0.05, 0) is 12.8 Å². The summed E-state index contributed by atoms with van der Waals surface area (Å²) in [7, 11) is 0. The Morgan fingerprint density at radius 3 is 2.40 bits per heavy atom. The summed E-state index contributed by atoms with van der Waals surface area (Å²) in [4.78, 5) is 8.03. The van der Waals surface area contributed by atoms with Gasteiger partial charge in [0, 0.05) is 0 Å². The lowest BCUT2D eigenvalue weighted by atomic mass is 9.94. The van der Waals surface area contributed by atoms with Gasteiger partial charge in [0.2, 0.25) is 0 Å². The van der Waals surface area contributed by atoms with Gasteiger partial charge in [0.1, 0.15) is 11.6 Å². The molecular formula is C10H18N4O. The lowest BCUT2D eigenvalue weighted by Gasteiger charge is -2.31. The van der Waals surface area contributed by atoms with Crippen molar-refractivity contribution in [2.45, 2.75) is 32.2 Å². The highest BCUT2D eigenvalue weighted by Crippen LogP contribution is 2.19. The van der Waals surface area contributed by atoms with E-state index < -0.39 is 0 Å². The van der Waals surface area contributed by atoms with Crippen LogP contribution < -0.4 is 11.1 Å². The molecule has 0 unspecified atom stereocenters. The Labute approximate surface area is 89.7 Å². The Balaban J connectivity index is 2.78. The molecule has 0 saturated carbocycles. The van der Waals surface area contributed by atoms with E-state index >= 15 is 0 Å². The molecule has 4 N–H and O–H groups in total. The molecule has 1 rings (SSSR count). The van der Waals surface area contributed by atoms with Gasteiger partial charge in [-0.3, -0.25) is 0 Å². The van der Waals surface area contributed by atoms with Crippen molar-refractivity contribution in [3.8, 4) is 0 Å². The van der Waals surface area contributed by atoms with Crippen LogP contribution in [-0.4, -0.2) is 27.2 Å². The van der Waals surface area contributed by atoms with Crippen molar-refractivity contribution in [3.05, 3.63) is 12.4 Å². The second-order valence-corrected chi connectivity index (χ2v) is 3.60. The van der Waals surface area contributed by atoms with Gasteiger partial charge in [0.15, 0.2) is 0 Å². The minimum absolute atomic E-state index is 0.0755. The van der Waals surface area contributed by atoms with Crippen molar-refractivity contribution in [1.82, 2.24) is 9.97 Å². The average Bonchev–Trinajstić information content (AvgIpc) is 2.29. The number of hydrogen-bond acceptors (Lipinski definition) is 5. The maximum atomic E-state index is 9.36. The molecule has 0 aliphatic rings. The first-order chi connectivity index (χ1) is 7.15. The summed E-state index contributed by atoms with van der Waals surface area (Å²) in [5.74, 6) is 1.03. The SMILES string of the molecule is CCC(CC)(CO)Nc1cnc(N)cn1. The van der Waals surface area contributed by atoms with E-state index in [1.54, 1.807) is 6.20 Å². The van der Waals surface area contributed by atoms with Crippen LogP contribution in [0.25, 0.3) is 0 Å². The zero-order chi connectivity index (χ0) is 11.3. The fourth-order valence-corrected chi connectivity index (χ4v) is 1.36. The number of rotatable bonds is 5. The van der Waals surface area contributed by atoms with Crippen LogP contribution >= 0.6 is 0 Å². The molecule has 0 atom stereocenters. The van der Waals surface area contributed by atoms with Gasteiger partial charge in [-0.1, -0.05) is 13.8 Å². The number of aromatic nitrogens is 2. The monoisotopic (exact) mass is 210 g/mol. The highest BCUT2D eigenvalue weighted by molar-refractivity contribution is 5.38. The van der Waals surface area contributed by atoms with Crippen LogP contribution in [0.15, 0.2) is 12.4 Å². The molecular weight excluding hydrogens is 192 g/mol. The molecule has 5 nitrogen and oxygen atoms in total. The van der Waals surface area contributed by atoms with E-state index in [-0.39, 0.29) is 12.1 Å². The largest absolute Gasteiger partial charge is 0.394 e. The van der Waals surface area contributed by atoms with Gasteiger partial charge < -0.3 is 16.2 Å². The number of nitrogen functional groups attached to an aromatic ring is 1.